The SMILES string of the molecule is CC(C)(O)CN1CCN(C(=O)CSC(C)(C)C)CC1. The first kappa shape index (κ1) is 16.8. The topological polar surface area (TPSA) is 43.8 Å². The van der Waals surface area contributed by atoms with E-state index in [0.29, 0.717) is 12.3 Å². The normalized spacial score (nSPS) is 18.7. The van der Waals surface area contributed by atoms with Crippen molar-refractivity contribution in [2.45, 2.75) is 45.0 Å². The molecule has 0 bridgehead atoms. The first-order valence-corrected chi connectivity index (χ1v) is 7.92. The van der Waals surface area contributed by atoms with Crippen LogP contribution in [0, 0.1) is 0 Å². The molecule has 1 fully saturated rings. The number of hydrogen-bond acceptors (Lipinski definition) is 4. The summed E-state index contributed by atoms with van der Waals surface area (Å²) in [6, 6.07) is 0. The molecule has 1 rings (SSSR count). The minimum absolute atomic E-state index is 0.137. The van der Waals surface area contributed by atoms with Gasteiger partial charge < -0.3 is 10.0 Å². The Kier molecular flexibility index (Phi) is 5.71. The van der Waals surface area contributed by atoms with Gasteiger partial charge in [0.25, 0.3) is 0 Å². The van der Waals surface area contributed by atoms with E-state index in [0.717, 1.165) is 26.2 Å². The lowest BCUT2D eigenvalue weighted by Gasteiger charge is -2.37. The summed E-state index contributed by atoms with van der Waals surface area (Å²) in [6.45, 7) is 14.0. The summed E-state index contributed by atoms with van der Waals surface area (Å²) in [4.78, 5) is 16.2. The van der Waals surface area contributed by atoms with Crippen molar-refractivity contribution < 1.29 is 9.90 Å². The van der Waals surface area contributed by atoms with Gasteiger partial charge in [-0.1, -0.05) is 20.8 Å². The Bertz CT molecular complexity index is 300. The summed E-state index contributed by atoms with van der Waals surface area (Å²) in [5.74, 6) is 0.803. The number of thioether (sulfide) groups is 1. The molecule has 0 aliphatic carbocycles. The van der Waals surface area contributed by atoms with Crippen LogP contribution in [0.3, 0.4) is 0 Å². The molecule has 0 spiro atoms. The summed E-state index contributed by atoms with van der Waals surface area (Å²) in [5, 5.41) is 9.79. The number of aliphatic hydroxyl groups is 1. The molecule has 5 heteroatoms. The van der Waals surface area contributed by atoms with Crippen LogP contribution in [0.4, 0.5) is 0 Å². The number of piperazine rings is 1. The van der Waals surface area contributed by atoms with Crippen molar-refractivity contribution in [3.63, 3.8) is 0 Å². The molecule has 112 valence electrons. The zero-order valence-electron chi connectivity index (χ0n) is 12.9. The molecule has 0 saturated carbocycles. The molecule has 1 aliphatic rings. The maximum atomic E-state index is 12.1. The van der Waals surface area contributed by atoms with E-state index in [9.17, 15) is 9.90 Å². The number of amides is 1. The van der Waals surface area contributed by atoms with Crippen LogP contribution in [0.5, 0.6) is 0 Å². The van der Waals surface area contributed by atoms with E-state index >= 15 is 0 Å². The maximum Gasteiger partial charge on any atom is 0.232 e. The van der Waals surface area contributed by atoms with Crippen LogP contribution in [0.2, 0.25) is 0 Å². The molecule has 0 aromatic carbocycles. The van der Waals surface area contributed by atoms with E-state index < -0.39 is 5.60 Å². The summed E-state index contributed by atoms with van der Waals surface area (Å²) in [7, 11) is 0. The first-order chi connectivity index (χ1) is 8.57. The van der Waals surface area contributed by atoms with Crippen LogP contribution in [0.15, 0.2) is 0 Å². The second-order valence-corrected chi connectivity index (χ2v) is 8.67. The van der Waals surface area contributed by atoms with Gasteiger partial charge in [0.1, 0.15) is 0 Å². The largest absolute Gasteiger partial charge is 0.389 e. The van der Waals surface area contributed by atoms with Crippen molar-refractivity contribution in [1.82, 2.24) is 9.80 Å². The zero-order chi connectivity index (χ0) is 14.7. The molecule has 1 saturated heterocycles. The van der Waals surface area contributed by atoms with E-state index in [1.54, 1.807) is 11.8 Å². The van der Waals surface area contributed by atoms with Gasteiger partial charge >= 0.3 is 0 Å². The van der Waals surface area contributed by atoms with E-state index in [1.165, 1.54) is 0 Å². The van der Waals surface area contributed by atoms with Crippen molar-refractivity contribution in [2.75, 3.05) is 38.5 Å². The molecular weight excluding hydrogens is 260 g/mol. The van der Waals surface area contributed by atoms with E-state index in [1.807, 2.05) is 18.7 Å². The average Bonchev–Trinajstić information content (AvgIpc) is 2.23. The third-order valence-electron chi connectivity index (χ3n) is 2.96. The lowest BCUT2D eigenvalue weighted by atomic mass is 10.1. The molecule has 0 aromatic rings. The molecule has 4 nitrogen and oxygen atoms in total. The highest BCUT2D eigenvalue weighted by atomic mass is 32.2. The van der Waals surface area contributed by atoms with Gasteiger partial charge in [-0.05, 0) is 13.8 Å². The van der Waals surface area contributed by atoms with Gasteiger partial charge in [-0.3, -0.25) is 9.69 Å². The van der Waals surface area contributed by atoms with Crippen molar-refractivity contribution in [3.05, 3.63) is 0 Å². The lowest BCUT2D eigenvalue weighted by molar-refractivity contribution is -0.130. The van der Waals surface area contributed by atoms with Crippen molar-refractivity contribution >= 4 is 17.7 Å². The third-order valence-corrected chi connectivity index (χ3v) is 4.22. The molecule has 0 atom stereocenters. The molecule has 0 aromatic heterocycles. The Morgan fingerprint density at radius 2 is 1.63 bits per heavy atom. The molecular formula is C14H28N2O2S. The molecule has 1 amide bonds. The predicted octanol–water partition coefficient (Wildman–Crippen LogP) is 1.43. The smallest absolute Gasteiger partial charge is 0.232 e. The first-order valence-electron chi connectivity index (χ1n) is 6.93. The average molecular weight is 288 g/mol. The maximum absolute atomic E-state index is 12.1. The van der Waals surface area contributed by atoms with Crippen molar-refractivity contribution in [3.8, 4) is 0 Å². The minimum atomic E-state index is -0.658. The van der Waals surface area contributed by atoms with Gasteiger partial charge in [0, 0.05) is 37.5 Å². The number of nitrogens with zero attached hydrogens (tertiary/aromatic N) is 2. The second-order valence-electron chi connectivity index (χ2n) is 6.87. The lowest BCUT2D eigenvalue weighted by Crippen LogP contribution is -2.52. The van der Waals surface area contributed by atoms with Crippen LogP contribution in [0.1, 0.15) is 34.6 Å². The Balaban J connectivity index is 2.31. The Morgan fingerprint density at radius 1 is 1.11 bits per heavy atom. The van der Waals surface area contributed by atoms with Gasteiger partial charge in [-0.15, -0.1) is 11.8 Å². The van der Waals surface area contributed by atoms with Gasteiger partial charge in [-0.25, -0.2) is 0 Å². The monoisotopic (exact) mass is 288 g/mol. The van der Waals surface area contributed by atoms with Crippen LogP contribution in [-0.4, -0.2) is 69.6 Å². The highest BCUT2D eigenvalue weighted by Crippen LogP contribution is 2.23. The fourth-order valence-corrected chi connectivity index (χ4v) is 2.81. The number of rotatable bonds is 4. The number of hydrogen-bond donors (Lipinski definition) is 1. The van der Waals surface area contributed by atoms with E-state index in [-0.39, 0.29) is 10.7 Å². The Morgan fingerprint density at radius 3 is 2.05 bits per heavy atom. The molecule has 1 aliphatic heterocycles. The van der Waals surface area contributed by atoms with E-state index in [4.69, 9.17) is 0 Å². The summed E-state index contributed by atoms with van der Waals surface area (Å²) in [5.41, 5.74) is -0.658. The van der Waals surface area contributed by atoms with Gasteiger partial charge in [-0.2, -0.15) is 0 Å². The van der Waals surface area contributed by atoms with Crippen LogP contribution >= 0.6 is 11.8 Å². The van der Waals surface area contributed by atoms with Gasteiger partial charge in [0.15, 0.2) is 0 Å². The fraction of sp³-hybridized carbons (Fsp3) is 0.929. The van der Waals surface area contributed by atoms with Gasteiger partial charge in [0.2, 0.25) is 5.91 Å². The van der Waals surface area contributed by atoms with Crippen LogP contribution in [0.25, 0.3) is 0 Å². The van der Waals surface area contributed by atoms with Crippen LogP contribution < -0.4 is 0 Å². The highest BCUT2D eigenvalue weighted by molar-refractivity contribution is 8.01. The van der Waals surface area contributed by atoms with Gasteiger partial charge in [0.05, 0.1) is 11.4 Å². The second kappa shape index (κ2) is 6.46. The minimum Gasteiger partial charge on any atom is -0.389 e. The zero-order valence-corrected chi connectivity index (χ0v) is 13.7. The van der Waals surface area contributed by atoms with Crippen molar-refractivity contribution in [2.24, 2.45) is 0 Å². The third kappa shape index (κ3) is 7.18. The Labute approximate surface area is 121 Å². The van der Waals surface area contributed by atoms with Crippen LogP contribution in [-0.2, 0) is 4.79 Å². The summed E-state index contributed by atoms with van der Waals surface area (Å²) < 4.78 is 0.137. The molecule has 0 radical (unpaired) electrons. The molecule has 1 heterocycles. The summed E-state index contributed by atoms with van der Waals surface area (Å²) in [6.07, 6.45) is 0. The number of β-amino-alcohol motifs (C(OH)–C–C–N with tert-alkyl or cyclic N) is 1. The summed E-state index contributed by atoms with van der Waals surface area (Å²) >= 11 is 1.70. The quantitative estimate of drug-likeness (QED) is 0.850. The van der Waals surface area contributed by atoms with E-state index in [2.05, 4.69) is 25.7 Å². The number of carbonyl (C=O) groups excluding carboxylic acids is 1. The van der Waals surface area contributed by atoms with Crippen molar-refractivity contribution in [1.29, 1.82) is 0 Å². The highest BCUT2D eigenvalue weighted by Gasteiger charge is 2.25. The standard InChI is InChI=1S/C14H28N2O2S/c1-13(2,3)19-10-12(17)16-8-6-15(7-9-16)11-14(4,5)18/h18H,6-11H2,1-5H3. The molecule has 1 N–H and O–H groups in total. The number of carbonyl (C=O) groups is 1. The fourth-order valence-electron chi connectivity index (χ4n) is 2.07. The predicted molar refractivity (Wildman–Crippen MR) is 81.5 cm³/mol. The molecule has 0 unspecified atom stereocenters. The molecule has 19 heavy (non-hydrogen) atoms. The Hall–Kier alpha value is -0.260.